The summed E-state index contributed by atoms with van der Waals surface area (Å²) < 4.78 is 0. The molecule has 1 unspecified atom stereocenters. The molecule has 0 spiro atoms. The standard InChI is InChI=1S/C15H19N3OS/c1-18(2)10-11-5-7-12(8-6-11)17-15(19)14(16)13-4-3-9-20-13/h3-9,14H,10,16H2,1-2H3,(H,17,19). The lowest BCUT2D eigenvalue weighted by Gasteiger charge is -2.12. The van der Waals surface area contributed by atoms with Crippen LogP contribution < -0.4 is 11.1 Å². The monoisotopic (exact) mass is 289 g/mol. The van der Waals surface area contributed by atoms with Gasteiger partial charge in [-0.3, -0.25) is 4.79 Å². The molecule has 0 aliphatic rings. The van der Waals surface area contributed by atoms with E-state index in [9.17, 15) is 4.79 Å². The molecule has 0 aliphatic heterocycles. The number of nitrogens with two attached hydrogens (primary N) is 1. The van der Waals surface area contributed by atoms with E-state index in [1.54, 1.807) is 0 Å². The molecule has 2 rings (SSSR count). The summed E-state index contributed by atoms with van der Waals surface area (Å²) in [6.07, 6.45) is 0. The number of amides is 1. The molecule has 1 aromatic heterocycles. The lowest BCUT2D eigenvalue weighted by molar-refractivity contribution is -0.117. The van der Waals surface area contributed by atoms with Crippen molar-refractivity contribution < 1.29 is 4.79 Å². The summed E-state index contributed by atoms with van der Waals surface area (Å²) in [5.74, 6) is -0.187. The quantitative estimate of drug-likeness (QED) is 0.889. The normalized spacial score (nSPS) is 12.4. The topological polar surface area (TPSA) is 58.4 Å². The Bertz CT molecular complexity index is 549. The molecule has 0 bridgehead atoms. The van der Waals surface area contributed by atoms with Crippen LogP contribution in [-0.2, 0) is 11.3 Å². The SMILES string of the molecule is CN(C)Cc1ccc(NC(=O)C(N)c2cccs2)cc1. The molecule has 106 valence electrons. The second-order valence-corrected chi connectivity index (χ2v) is 5.90. The molecule has 0 radical (unpaired) electrons. The van der Waals surface area contributed by atoms with Crippen LogP contribution >= 0.6 is 11.3 Å². The van der Waals surface area contributed by atoms with E-state index < -0.39 is 6.04 Å². The van der Waals surface area contributed by atoms with Gasteiger partial charge < -0.3 is 16.0 Å². The lowest BCUT2D eigenvalue weighted by Crippen LogP contribution is -2.26. The van der Waals surface area contributed by atoms with Crippen LogP contribution in [0.25, 0.3) is 0 Å². The third-order valence-corrected chi connectivity index (χ3v) is 3.81. The number of nitrogens with one attached hydrogen (secondary N) is 1. The van der Waals surface area contributed by atoms with Gasteiger partial charge in [-0.15, -0.1) is 11.3 Å². The van der Waals surface area contributed by atoms with E-state index >= 15 is 0 Å². The maximum atomic E-state index is 12.0. The Morgan fingerprint density at radius 3 is 2.55 bits per heavy atom. The highest BCUT2D eigenvalue weighted by Crippen LogP contribution is 2.19. The minimum Gasteiger partial charge on any atom is -0.324 e. The van der Waals surface area contributed by atoms with Crippen molar-refractivity contribution in [3.63, 3.8) is 0 Å². The zero-order valence-electron chi connectivity index (χ0n) is 11.7. The predicted octanol–water partition coefficient (Wildman–Crippen LogP) is 2.45. The van der Waals surface area contributed by atoms with Crippen molar-refractivity contribution in [1.29, 1.82) is 0 Å². The van der Waals surface area contributed by atoms with Crippen LogP contribution in [-0.4, -0.2) is 24.9 Å². The van der Waals surface area contributed by atoms with E-state index in [4.69, 9.17) is 5.73 Å². The molecule has 3 N–H and O–H groups in total. The van der Waals surface area contributed by atoms with Gasteiger partial charge in [0.25, 0.3) is 0 Å². The molecule has 1 atom stereocenters. The maximum absolute atomic E-state index is 12.0. The van der Waals surface area contributed by atoms with E-state index in [2.05, 4.69) is 10.2 Å². The number of carbonyl (C=O) groups excluding carboxylic acids is 1. The zero-order valence-corrected chi connectivity index (χ0v) is 12.5. The highest BCUT2D eigenvalue weighted by Gasteiger charge is 2.16. The van der Waals surface area contributed by atoms with Gasteiger partial charge in [0.2, 0.25) is 5.91 Å². The van der Waals surface area contributed by atoms with Gasteiger partial charge in [0, 0.05) is 17.1 Å². The first-order valence-electron chi connectivity index (χ1n) is 6.40. The Kier molecular flexibility index (Phi) is 4.89. The predicted molar refractivity (Wildman–Crippen MR) is 83.7 cm³/mol. The van der Waals surface area contributed by atoms with Crippen LogP contribution in [0.1, 0.15) is 16.5 Å². The van der Waals surface area contributed by atoms with Crippen molar-refractivity contribution in [2.24, 2.45) is 5.73 Å². The highest BCUT2D eigenvalue weighted by molar-refractivity contribution is 7.10. The van der Waals surface area contributed by atoms with Gasteiger partial charge in [-0.25, -0.2) is 0 Å². The number of carbonyl (C=O) groups is 1. The lowest BCUT2D eigenvalue weighted by atomic mass is 10.2. The summed E-state index contributed by atoms with van der Waals surface area (Å²) in [4.78, 5) is 15.0. The molecule has 4 nitrogen and oxygen atoms in total. The fourth-order valence-corrected chi connectivity index (χ4v) is 2.60. The highest BCUT2D eigenvalue weighted by atomic mass is 32.1. The Hall–Kier alpha value is -1.69. The molecule has 2 aromatic rings. The van der Waals surface area contributed by atoms with Gasteiger partial charge in [-0.05, 0) is 43.2 Å². The van der Waals surface area contributed by atoms with E-state index in [0.29, 0.717) is 0 Å². The fourth-order valence-electron chi connectivity index (χ4n) is 1.88. The third-order valence-electron chi connectivity index (χ3n) is 2.85. The maximum Gasteiger partial charge on any atom is 0.246 e. The van der Waals surface area contributed by atoms with Gasteiger partial charge in [-0.2, -0.15) is 0 Å². The smallest absolute Gasteiger partial charge is 0.246 e. The number of thiophene rings is 1. The first-order valence-corrected chi connectivity index (χ1v) is 7.28. The summed E-state index contributed by atoms with van der Waals surface area (Å²) in [6, 6.07) is 11.0. The van der Waals surface area contributed by atoms with Crippen LogP contribution in [0.15, 0.2) is 41.8 Å². The van der Waals surface area contributed by atoms with Crippen LogP contribution in [0.4, 0.5) is 5.69 Å². The first kappa shape index (κ1) is 14.7. The van der Waals surface area contributed by atoms with Gasteiger partial charge in [0.1, 0.15) is 6.04 Å². The van der Waals surface area contributed by atoms with Gasteiger partial charge >= 0.3 is 0 Å². The van der Waals surface area contributed by atoms with Crippen molar-refractivity contribution in [2.45, 2.75) is 12.6 Å². The second-order valence-electron chi connectivity index (χ2n) is 4.92. The van der Waals surface area contributed by atoms with Crippen LogP contribution in [0.2, 0.25) is 0 Å². The molecular formula is C15H19N3OS. The van der Waals surface area contributed by atoms with Crippen LogP contribution in [0.3, 0.4) is 0 Å². The van der Waals surface area contributed by atoms with E-state index in [0.717, 1.165) is 17.1 Å². The summed E-state index contributed by atoms with van der Waals surface area (Å²) >= 11 is 1.49. The molecule has 5 heteroatoms. The largest absolute Gasteiger partial charge is 0.324 e. The number of hydrogen-bond acceptors (Lipinski definition) is 4. The molecular weight excluding hydrogens is 270 g/mol. The number of anilines is 1. The first-order chi connectivity index (χ1) is 9.56. The van der Waals surface area contributed by atoms with Crippen LogP contribution in [0, 0.1) is 0 Å². The van der Waals surface area contributed by atoms with E-state index in [1.165, 1.54) is 16.9 Å². The van der Waals surface area contributed by atoms with E-state index in [-0.39, 0.29) is 5.91 Å². The Labute approximate surface area is 123 Å². The number of rotatable bonds is 5. The minimum absolute atomic E-state index is 0.187. The summed E-state index contributed by atoms with van der Waals surface area (Å²) in [5, 5.41) is 4.75. The molecule has 20 heavy (non-hydrogen) atoms. The second kappa shape index (κ2) is 6.65. The van der Waals surface area contributed by atoms with Crippen LogP contribution in [0.5, 0.6) is 0 Å². The molecule has 1 heterocycles. The van der Waals surface area contributed by atoms with Crippen molar-refractivity contribution >= 4 is 22.9 Å². The average Bonchev–Trinajstić information content (AvgIpc) is 2.93. The van der Waals surface area contributed by atoms with Crippen molar-refractivity contribution in [1.82, 2.24) is 4.90 Å². The number of hydrogen-bond donors (Lipinski definition) is 2. The molecule has 1 aromatic carbocycles. The van der Waals surface area contributed by atoms with Crippen molar-refractivity contribution in [3.8, 4) is 0 Å². The Balaban J connectivity index is 1.97. The third kappa shape index (κ3) is 3.90. The van der Waals surface area contributed by atoms with Gasteiger partial charge in [0.15, 0.2) is 0 Å². The number of nitrogens with zero attached hydrogens (tertiary/aromatic N) is 1. The minimum atomic E-state index is -0.614. The fraction of sp³-hybridized carbons (Fsp3) is 0.267. The van der Waals surface area contributed by atoms with Gasteiger partial charge in [0.05, 0.1) is 0 Å². The molecule has 0 saturated heterocycles. The summed E-state index contributed by atoms with van der Waals surface area (Å²) in [5.41, 5.74) is 7.89. The van der Waals surface area contributed by atoms with Crippen molar-refractivity contribution in [2.75, 3.05) is 19.4 Å². The van der Waals surface area contributed by atoms with E-state index in [1.807, 2.05) is 55.9 Å². The molecule has 0 saturated carbocycles. The Morgan fingerprint density at radius 1 is 1.30 bits per heavy atom. The average molecular weight is 289 g/mol. The molecule has 1 amide bonds. The van der Waals surface area contributed by atoms with Gasteiger partial charge in [-0.1, -0.05) is 18.2 Å². The molecule has 0 aliphatic carbocycles. The molecule has 0 fully saturated rings. The summed E-state index contributed by atoms with van der Waals surface area (Å²) in [7, 11) is 4.05. The zero-order chi connectivity index (χ0) is 14.5. The summed E-state index contributed by atoms with van der Waals surface area (Å²) in [6.45, 7) is 0.878. The van der Waals surface area contributed by atoms with Crippen molar-refractivity contribution in [3.05, 3.63) is 52.2 Å². The Morgan fingerprint density at radius 2 is 2.00 bits per heavy atom. The number of benzene rings is 1.